The van der Waals surface area contributed by atoms with Gasteiger partial charge in [0.05, 0.1) is 10.7 Å². The molecule has 0 fully saturated rings. The van der Waals surface area contributed by atoms with Gasteiger partial charge in [-0.25, -0.2) is 4.98 Å². The summed E-state index contributed by atoms with van der Waals surface area (Å²) in [5.41, 5.74) is 0.915. The Morgan fingerprint density at radius 2 is 1.94 bits per heavy atom. The van der Waals surface area contributed by atoms with Crippen molar-refractivity contribution < 1.29 is 0 Å². The Balaban J connectivity index is 2.79. The summed E-state index contributed by atoms with van der Waals surface area (Å²) in [6.45, 7) is 10.3. The number of rotatable bonds is 6. The van der Waals surface area contributed by atoms with Gasteiger partial charge in [-0.2, -0.15) is 0 Å². The van der Waals surface area contributed by atoms with Gasteiger partial charge in [0, 0.05) is 26.2 Å². The zero-order chi connectivity index (χ0) is 13.7. The second-order valence-electron chi connectivity index (χ2n) is 5.41. The second-order valence-corrected chi connectivity index (χ2v) is 5.82. The van der Waals surface area contributed by atoms with Gasteiger partial charge >= 0.3 is 0 Å². The summed E-state index contributed by atoms with van der Waals surface area (Å²) >= 11 is 6.17. The maximum atomic E-state index is 6.17. The molecule has 0 unspecified atom stereocenters. The fraction of sp³-hybridized carbons (Fsp3) is 0.643. The molecule has 0 atom stereocenters. The molecule has 1 heterocycles. The molecule has 1 N–H and O–H groups in total. The van der Waals surface area contributed by atoms with Gasteiger partial charge in [0.15, 0.2) is 0 Å². The van der Waals surface area contributed by atoms with Gasteiger partial charge in [-0.15, -0.1) is 0 Å². The maximum absolute atomic E-state index is 6.17. The quantitative estimate of drug-likeness (QED) is 0.859. The lowest BCUT2D eigenvalue weighted by Gasteiger charge is -2.21. The standard InChI is InChI=1S/C14H24ClN3/c1-10(2)9-18(5)14-7-6-12(15)13(17-14)8-16-11(3)4/h6-7,10-11,16H,8-9H2,1-5H3. The van der Waals surface area contributed by atoms with Gasteiger partial charge in [-0.3, -0.25) is 0 Å². The minimum atomic E-state index is 0.430. The van der Waals surface area contributed by atoms with Crippen LogP contribution in [0.25, 0.3) is 0 Å². The number of nitrogens with one attached hydrogen (secondary N) is 1. The van der Waals surface area contributed by atoms with Crippen molar-refractivity contribution in [2.75, 3.05) is 18.5 Å². The van der Waals surface area contributed by atoms with Gasteiger partial charge in [-0.05, 0) is 18.1 Å². The molecular weight excluding hydrogens is 246 g/mol. The third-order valence-electron chi connectivity index (χ3n) is 2.61. The van der Waals surface area contributed by atoms with E-state index in [4.69, 9.17) is 11.6 Å². The molecule has 0 aliphatic rings. The highest BCUT2D eigenvalue weighted by atomic mass is 35.5. The molecule has 3 nitrogen and oxygen atoms in total. The Morgan fingerprint density at radius 1 is 1.28 bits per heavy atom. The molecule has 0 aliphatic carbocycles. The molecule has 0 aliphatic heterocycles. The Kier molecular flexibility index (Phi) is 5.89. The predicted octanol–water partition coefficient (Wildman–Crippen LogP) is 3.33. The topological polar surface area (TPSA) is 28.2 Å². The number of aromatic nitrogens is 1. The third kappa shape index (κ3) is 4.83. The zero-order valence-electron chi connectivity index (χ0n) is 12.0. The Hall–Kier alpha value is -0.800. The summed E-state index contributed by atoms with van der Waals surface area (Å²) in [6, 6.07) is 4.33. The van der Waals surface area contributed by atoms with Crippen LogP contribution in [0.4, 0.5) is 5.82 Å². The van der Waals surface area contributed by atoms with Crippen molar-refractivity contribution >= 4 is 17.4 Å². The van der Waals surface area contributed by atoms with E-state index in [0.717, 1.165) is 23.1 Å². The van der Waals surface area contributed by atoms with Gasteiger partial charge in [-0.1, -0.05) is 39.3 Å². The van der Waals surface area contributed by atoms with E-state index in [9.17, 15) is 0 Å². The van der Waals surface area contributed by atoms with Crippen LogP contribution in [0.5, 0.6) is 0 Å². The molecule has 0 spiro atoms. The largest absolute Gasteiger partial charge is 0.359 e. The lowest BCUT2D eigenvalue weighted by molar-refractivity contribution is 0.580. The smallest absolute Gasteiger partial charge is 0.128 e. The predicted molar refractivity (Wildman–Crippen MR) is 79.3 cm³/mol. The molecule has 102 valence electrons. The van der Waals surface area contributed by atoms with E-state index in [2.05, 4.69) is 49.9 Å². The minimum Gasteiger partial charge on any atom is -0.359 e. The van der Waals surface area contributed by atoms with Crippen molar-refractivity contribution in [1.82, 2.24) is 10.3 Å². The highest BCUT2D eigenvalue weighted by Crippen LogP contribution is 2.19. The van der Waals surface area contributed by atoms with Crippen LogP contribution in [0, 0.1) is 5.92 Å². The fourth-order valence-corrected chi connectivity index (χ4v) is 1.92. The first-order valence-corrected chi connectivity index (χ1v) is 6.88. The van der Waals surface area contributed by atoms with Crippen LogP contribution < -0.4 is 10.2 Å². The van der Waals surface area contributed by atoms with Crippen LogP contribution in [0.15, 0.2) is 12.1 Å². The number of halogens is 1. The molecule has 0 bridgehead atoms. The molecule has 0 saturated carbocycles. The Labute approximate surface area is 116 Å². The fourth-order valence-electron chi connectivity index (χ4n) is 1.75. The zero-order valence-corrected chi connectivity index (χ0v) is 12.8. The highest BCUT2D eigenvalue weighted by Gasteiger charge is 2.09. The van der Waals surface area contributed by atoms with E-state index < -0.39 is 0 Å². The van der Waals surface area contributed by atoms with Crippen LogP contribution in [-0.4, -0.2) is 24.6 Å². The molecule has 0 saturated heterocycles. The van der Waals surface area contributed by atoms with Gasteiger partial charge in [0.1, 0.15) is 5.82 Å². The van der Waals surface area contributed by atoms with Crippen molar-refractivity contribution in [3.05, 3.63) is 22.8 Å². The number of pyridine rings is 1. The second kappa shape index (κ2) is 6.95. The molecule has 0 amide bonds. The van der Waals surface area contributed by atoms with E-state index in [1.807, 2.05) is 12.1 Å². The van der Waals surface area contributed by atoms with Gasteiger partial charge < -0.3 is 10.2 Å². The van der Waals surface area contributed by atoms with E-state index in [-0.39, 0.29) is 0 Å². The molecule has 1 rings (SSSR count). The van der Waals surface area contributed by atoms with Crippen LogP contribution in [0.3, 0.4) is 0 Å². The van der Waals surface area contributed by atoms with Crippen LogP contribution in [0.1, 0.15) is 33.4 Å². The molecule has 1 aromatic rings. The number of hydrogen-bond acceptors (Lipinski definition) is 3. The van der Waals surface area contributed by atoms with Gasteiger partial charge in [0.2, 0.25) is 0 Å². The van der Waals surface area contributed by atoms with Crippen LogP contribution in [0.2, 0.25) is 5.02 Å². The van der Waals surface area contributed by atoms with E-state index in [1.54, 1.807) is 0 Å². The highest BCUT2D eigenvalue weighted by molar-refractivity contribution is 6.31. The van der Waals surface area contributed by atoms with Crippen LogP contribution in [-0.2, 0) is 6.54 Å². The van der Waals surface area contributed by atoms with E-state index >= 15 is 0 Å². The van der Waals surface area contributed by atoms with Gasteiger partial charge in [0.25, 0.3) is 0 Å². The maximum Gasteiger partial charge on any atom is 0.128 e. The first-order valence-electron chi connectivity index (χ1n) is 6.50. The van der Waals surface area contributed by atoms with Crippen molar-refractivity contribution in [3.8, 4) is 0 Å². The minimum absolute atomic E-state index is 0.430. The molecule has 18 heavy (non-hydrogen) atoms. The first kappa shape index (κ1) is 15.3. The van der Waals surface area contributed by atoms with E-state index in [0.29, 0.717) is 18.5 Å². The third-order valence-corrected chi connectivity index (χ3v) is 2.96. The van der Waals surface area contributed by atoms with Crippen molar-refractivity contribution in [1.29, 1.82) is 0 Å². The first-order chi connectivity index (χ1) is 8.40. The summed E-state index contributed by atoms with van der Waals surface area (Å²) in [5, 5.41) is 4.07. The SMILES string of the molecule is CC(C)CN(C)c1ccc(Cl)c(CNC(C)C)n1. The summed E-state index contributed by atoms with van der Waals surface area (Å²) in [7, 11) is 2.07. The van der Waals surface area contributed by atoms with E-state index in [1.165, 1.54) is 0 Å². The molecular formula is C14H24ClN3. The lowest BCUT2D eigenvalue weighted by Crippen LogP contribution is -2.25. The Morgan fingerprint density at radius 3 is 2.50 bits per heavy atom. The summed E-state index contributed by atoms with van der Waals surface area (Å²) in [6.07, 6.45) is 0. The monoisotopic (exact) mass is 269 g/mol. The molecule has 0 radical (unpaired) electrons. The van der Waals surface area contributed by atoms with Crippen molar-refractivity contribution in [2.45, 2.75) is 40.3 Å². The summed E-state index contributed by atoms with van der Waals surface area (Å²) in [5.74, 6) is 1.60. The van der Waals surface area contributed by atoms with Crippen molar-refractivity contribution in [2.24, 2.45) is 5.92 Å². The molecule has 1 aromatic heterocycles. The number of anilines is 1. The lowest BCUT2D eigenvalue weighted by atomic mass is 10.2. The average molecular weight is 270 g/mol. The van der Waals surface area contributed by atoms with Crippen molar-refractivity contribution in [3.63, 3.8) is 0 Å². The molecule has 0 aromatic carbocycles. The normalized spacial score (nSPS) is 11.3. The number of hydrogen-bond donors (Lipinski definition) is 1. The Bertz CT molecular complexity index is 377. The number of nitrogens with zero attached hydrogens (tertiary/aromatic N) is 2. The summed E-state index contributed by atoms with van der Waals surface area (Å²) in [4.78, 5) is 6.80. The van der Waals surface area contributed by atoms with Crippen LogP contribution >= 0.6 is 11.6 Å². The molecule has 4 heteroatoms. The average Bonchev–Trinajstić information content (AvgIpc) is 2.26. The summed E-state index contributed by atoms with van der Waals surface area (Å²) < 4.78 is 0.